The number of hydrogen-bond donors (Lipinski definition) is 1. The van der Waals surface area contributed by atoms with Crippen LogP contribution >= 0.6 is 0 Å². The van der Waals surface area contributed by atoms with Crippen molar-refractivity contribution >= 4 is 38.5 Å². The number of nitrogens with zero attached hydrogens (tertiary/aromatic N) is 3. The molecular formula is C20H18N4O6S. The molecular weight excluding hydrogens is 424 g/mol. The fourth-order valence-corrected chi connectivity index (χ4v) is 4.00. The maximum absolute atomic E-state index is 12.8. The Balaban J connectivity index is 1.84. The van der Waals surface area contributed by atoms with Crippen LogP contribution in [0, 0.1) is 27.2 Å². The predicted molar refractivity (Wildman–Crippen MR) is 116 cm³/mol. The van der Waals surface area contributed by atoms with Crippen molar-refractivity contribution in [1.82, 2.24) is 0 Å². The van der Waals surface area contributed by atoms with Crippen LogP contribution in [-0.4, -0.2) is 25.3 Å². The minimum Gasteiger partial charge on any atom is -0.350 e. The molecule has 0 aliphatic rings. The van der Waals surface area contributed by atoms with Gasteiger partial charge in [-0.1, -0.05) is 17.7 Å². The summed E-state index contributed by atoms with van der Waals surface area (Å²) in [7, 11) is -2.32. The van der Waals surface area contributed by atoms with E-state index in [0.717, 1.165) is 22.0 Å². The molecule has 0 fully saturated rings. The van der Waals surface area contributed by atoms with E-state index in [9.17, 15) is 28.6 Å². The molecule has 0 heterocycles. The lowest BCUT2D eigenvalue weighted by molar-refractivity contribution is -0.393. The quantitative estimate of drug-likeness (QED) is 0.423. The zero-order valence-corrected chi connectivity index (χ0v) is 17.4. The molecule has 160 valence electrons. The highest BCUT2D eigenvalue weighted by atomic mass is 32.2. The van der Waals surface area contributed by atoms with Crippen LogP contribution in [0.3, 0.4) is 0 Å². The van der Waals surface area contributed by atoms with Gasteiger partial charge in [-0.15, -0.1) is 0 Å². The SMILES string of the molecule is Cc1ccc(S(=O)(=O)N(C)c2ccc(Nc3ccc([N+](=O)[O-])cc3[N+](=O)[O-])cc2)cc1. The summed E-state index contributed by atoms with van der Waals surface area (Å²) in [5.74, 6) is 0. The number of benzene rings is 3. The second-order valence-corrected chi connectivity index (χ2v) is 8.64. The predicted octanol–water partition coefficient (Wildman–Crippen LogP) is 4.38. The zero-order valence-electron chi connectivity index (χ0n) is 16.6. The van der Waals surface area contributed by atoms with Crippen molar-refractivity contribution in [3.63, 3.8) is 0 Å². The van der Waals surface area contributed by atoms with E-state index in [-0.39, 0.29) is 10.6 Å². The summed E-state index contributed by atoms with van der Waals surface area (Å²) in [6.07, 6.45) is 0. The number of anilines is 3. The molecule has 10 nitrogen and oxygen atoms in total. The summed E-state index contributed by atoms with van der Waals surface area (Å²) < 4.78 is 26.7. The van der Waals surface area contributed by atoms with E-state index in [1.165, 1.54) is 25.2 Å². The minimum absolute atomic E-state index is 0.0731. The normalized spacial score (nSPS) is 11.0. The molecule has 0 aliphatic carbocycles. The van der Waals surface area contributed by atoms with E-state index in [2.05, 4.69) is 5.32 Å². The molecule has 0 bridgehead atoms. The lowest BCUT2D eigenvalue weighted by Gasteiger charge is -2.20. The highest BCUT2D eigenvalue weighted by Crippen LogP contribution is 2.32. The summed E-state index contributed by atoms with van der Waals surface area (Å²) >= 11 is 0. The van der Waals surface area contributed by atoms with Gasteiger partial charge in [-0.2, -0.15) is 0 Å². The first-order valence-corrected chi connectivity index (χ1v) is 10.4. The van der Waals surface area contributed by atoms with Crippen molar-refractivity contribution in [3.05, 3.63) is 92.5 Å². The second-order valence-electron chi connectivity index (χ2n) is 6.67. The molecule has 0 atom stereocenters. The summed E-state index contributed by atoms with van der Waals surface area (Å²) in [5, 5.41) is 25.0. The summed E-state index contributed by atoms with van der Waals surface area (Å²) in [6.45, 7) is 1.86. The van der Waals surface area contributed by atoms with Gasteiger partial charge in [0.1, 0.15) is 5.69 Å². The molecule has 0 saturated carbocycles. The van der Waals surface area contributed by atoms with Gasteiger partial charge in [0.25, 0.3) is 21.4 Å². The first-order chi connectivity index (χ1) is 14.6. The maximum atomic E-state index is 12.8. The number of sulfonamides is 1. The minimum atomic E-state index is -3.75. The van der Waals surface area contributed by atoms with Crippen molar-refractivity contribution in [2.24, 2.45) is 0 Å². The van der Waals surface area contributed by atoms with Crippen LogP contribution in [0.15, 0.2) is 71.6 Å². The topological polar surface area (TPSA) is 136 Å². The standard InChI is InChI=1S/C20H18N4O6S/c1-14-3-10-18(11-4-14)31(29,30)22(2)16-7-5-15(6-8-16)21-19-12-9-17(23(25)26)13-20(19)24(27)28/h3-13,21H,1-2H3. The molecule has 0 saturated heterocycles. The van der Waals surface area contributed by atoms with Gasteiger partial charge in [0.15, 0.2) is 0 Å². The molecule has 3 rings (SSSR count). The number of non-ortho nitro benzene ring substituents is 1. The average Bonchev–Trinajstić information content (AvgIpc) is 2.74. The van der Waals surface area contributed by atoms with Crippen molar-refractivity contribution in [2.45, 2.75) is 11.8 Å². The van der Waals surface area contributed by atoms with Gasteiger partial charge in [-0.3, -0.25) is 24.5 Å². The first-order valence-electron chi connectivity index (χ1n) is 8.95. The number of nitrogens with one attached hydrogen (secondary N) is 1. The third kappa shape index (κ3) is 4.61. The maximum Gasteiger partial charge on any atom is 0.299 e. The molecule has 1 N–H and O–H groups in total. The molecule has 0 radical (unpaired) electrons. The molecule has 0 spiro atoms. The summed E-state index contributed by atoms with van der Waals surface area (Å²) in [4.78, 5) is 20.8. The van der Waals surface area contributed by atoms with E-state index in [4.69, 9.17) is 0 Å². The lowest BCUT2D eigenvalue weighted by Crippen LogP contribution is -2.26. The van der Waals surface area contributed by atoms with Gasteiger partial charge in [0.2, 0.25) is 0 Å². The Morgan fingerprint density at radius 1 is 0.871 bits per heavy atom. The third-order valence-electron chi connectivity index (χ3n) is 4.58. The van der Waals surface area contributed by atoms with Gasteiger partial charge >= 0.3 is 0 Å². The third-order valence-corrected chi connectivity index (χ3v) is 6.38. The highest BCUT2D eigenvalue weighted by molar-refractivity contribution is 7.92. The van der Waals surface area contributed by atoms with Gasteiger partial charge in [-0.25, -0.2) is 8.42 Å². The van der Waals surface area contributed by atoms with Crippen LogP contribution in [0.25, 0.3) is 0 Å². The molecule has 3 aromatic rings. The van der Waals surface area contributed by atoms with Crippen LogP contribution in [-0.2, 0) is 10.0 Å². The van der Waals surface area contributed by atoms with Crippen molar-refractivity contribution in [3.8, 4) is 0 Å². The monoisotopic (exact) mass is 442 g/mol. The van der Waals surface area contributed by atoms with Crippen molar-refractivity contribution < 1.29 is 18.3 Å². The van der Waals surface area contributed by atoms with E-state index in [1.54, 1.807) is 36.4 Å². The zero-order chi connectivity index (χ0) is 22.8. The lowest BCUT2D eigenvalue weighted by atomic mass is 10.2. The fraction of sp³-hybridized carbons (Fsp3) is 0.100. The molecule has 0 unspecified atom stereocenters. The summed E-state index contributed by atoms with van der Waals surface area (Å²) in [5.41, 5.74) is 1.01. The van der Waals surface area contributed by atoms with E-state index in [0.29, 0.717) is 11.4 Å². The Bertz CT molecular complexity index is 1240. The van der Waals surface area contributed by atoms with E-state index < -0.39 is 31.2 Å². The van der Waals surface area contributed by atoms with Crippen LogP contribution in [0.4, 0.5) is 28.4 Å². The molecule has 0 aromatic heterocycles. The molecule has 0 amide bonds. The Hall–Kier alpha value is -3.99. The number of nitro groups is 2. The van der Waals surface area contributed by atoms with Crippen LogP contribution in [0.5, 0.6) is 0 Å². The summed E-state index contributed by atoms with van der Waals surface area (Å²) in [6, 6.07) is 16.0. The smallest absolute Gasteiger partial charge is 0.299 e. The highest BCUT2D eigenvalue weighted by Gasteiger charge is 2.22. The van der Waals surface area contributed by atoms with Gasteiger partial charge < -0.3 is 5.32 Å². The van der Waals surface area contributed by atoms with Crippen LogP contribution in [0.2, 0.25) is 0 Å². The Morgan fingerprint density at radius 3 is 2.03 bits per heavy atom. The van der Waals surface area contributed by atoms with Gasteiger partial charge in [0.05, 0.1) is 26.5 Å². The molecule has 11 heteroatoms. The largest absolute Gasteiger partial charge is 0.350 e. The Kier molecular flexibility index (Phi) is 5.88. The van der Waals surface area contributed by atoms with Crippen molar-refractivity contribution in [1.29, 1.82) is 0 Å². The van der Waals surface area contributed by atoms with Crippen LogP contribution < -0.4 is 9.62 Å². The average molecular weight is 442 g/mol. The molecule has 31 heavy (non-hydrogen) atoms. The number of aryl methyl sites for hydroxylation is 1. The van der Waals surface area contributed by atoms with Gasteiger partial charge in [-0.05, 0) is 49.4 Å². The van der Waals surface area contributed by atoms with Crippen LogP contribution in [0.1, 0.15) is 5.56 Å². The Labute approximate surface area is 178 Å². The fourth-order valence-electron chi connectivity index (χ4n) is 2.81. The van der Waals surface area contributed by atoms with Gasteiger partial charge in [0, 0.05) is 18.8 Å². The number of rotatable bonds is 7. The van der Waals surface area contributed by atoms with E-state index in [1.807, 2.05) is 6.92 Å². The van der Waals surface area contributed by atoms with Crippen molar-refractivity contribution in [2.75, 3.05) is 16.7 Å². The second kappa shape index (κ2) is 8.40. The number of nitro benzene ring substituents is 2. The molecule has 0 aliphatic heterocycles. The number of hydrogen-bond acceptors (Lipinski definition) is 7. The van der Waals surface area contributed by atoms with E-state index >= 15 is 0 Å². The Morgan fingerprint density at radius 2 is 1.48 bits per heavy atom. The molecule has 3 aromatic carbocycles. The first kappa shape index (κ1) is 21.7.